The van der Waals surface area contributed by atoms with Gasteiger partial charge in [-0.05, 0) is 26.3 Å². The van der Waals surface area contributed by atoms with Crippen molar-refractivity contribution in [1.82, 2.24) is 20.1 Å². The summed E-state index contributed by atoms with van der Waals surface area (Å²) in [5.41, 5.74) is 7.28. The van der Waals surface area contributed by atoms with Crippen LogP contribution in [-0.4, -0.2) is 20.1 Å². The lowest BCUT2D eigenvalue weighted by Gasteiger charge is -2.06. The first-order valence-corrected chi connectivity index (χ1v) is 9.09. The summed E-state index contributed by atoms with van der Waals surface area (Å²) in [7, 11) is 0. The van der Waals surface area contributed by atoms with E-state index in [1.807, 2.05) is 20.8 Å². The number of nitrogens with zero attached hydrogens (tertiary/aromatic N) is 4. The number of thiophene rings is 1. The second-order valence-corrected chi connectivity index (χ2v) is 8.27. The Morgan fingerprint density at radius 3 is 2.52 bits per heavy atom. The number of nitrogens with two attached hydrogens (primary N) is 1. The summed E-state index contributed by atoms with van der Waals surface area (Å²) < 4.78 is 5.33. The number of nitrogen functional groups attached to an aromatic ring is 1. The molecule has 23 heavy (non-hydrogen) atoms. The third kappa shape index (κ3) is 3.05. The molecule has 0 radical (unpaired) electrons. The van der Waals surface area contributed by atoms with E-state index in [0.29, 0.717) is 22.7 Å². The van der Waals surface area contributed by atoms with Crippen molar-refractivity contribution in [3.05, 3.63) is 22.2 Å². The van der Waals surface area contributed by atoms with Crippen LogP contribution in [0.1, 0.15) is 54.1 Å². The lowest BCUT2D eigenvalue weighted by Crippen LogP contribution is -1.98. The summed E-state index contributed by atoms with van der Waals surface area (Å²) in [4.78, 5) is 15.6. The Labute approximate surface area is 142 Å². The Balaban J connectivity index is 1.88. The number of hydrogen-bond acceptors (Lipinski definition) is 8. The molecule has 3 aromatic rings. The zero-order valence-corrected chi connectivity index (χ0v) is 15.4. The molecule has 0 aromatic carbocycles. The van der Waals surface area contributed by atoms with E-state index in [4.69, 9.17) is 10.3 Å². The van der Waals surface area contributed by atoms with Gasteiger partial charge < -0.3 is 10.3 Å². The Bertz CT molecular complexity index is 855. The van der Waals surface area contributed by atoms with Gasteiger partial charge in [0.15, 0.2) is 11.0 Å². The third-order valence-electron chi connectivity index (χ3n) is 3.64. The Kier molecular flexibility index (Phi) is 4.29. The summed E-state index contributed by atoms with van der Waals surface area (Å²) in [6, 6.07) is 0. The van der Waals surface area contributed by atoms with Gasteiger partial charge in [0.05, 0.1) is 10.6 Å². The minimum Gasteiger partial charge on any atom is -0.383 e. The smallest absolute Gasteiger partial charge is 0.239 e. The number of aryl methyl sites for hydroxylation is 2. The first-order valence-electron chi connectivity index (χ1n) is 7.40. The summed E-state index contributed by atoms with van der Waals surface area (Å²) in [5.74, 6) is 2.07. The highest BCUT2D eigenvalue weighted by molar-refractivity contribution is 7.99. The largest absolute Gasteiger partial charge is 0.383 e. The van der Waals surface area contributed by atoms with Crippen molar-refractivity contribution in [3.63, 3.8) is 0 Å². The van der Waals surface area contributed by atoms with Crippen LogP contribution < -0.4 is 5.73 Å². The quantitative estimate of drug-likeness (QED) is 0.556. The molecule has 0 saturated carbocycles. The molecule has 3 heterocycles. The average molecular weight is 349 g/mol. The molecule has 6 nitrogen and oxygen atoms in total. The standard InChI is InChI=1S/C15H19N5OS2/c1-6(2)12-18-13(21-20-12)9(5)23-15-17-11(16)10-7(3)8(4)22-14(10)19-15/h6,9H,1-5H3,(H2,16,17,19)/t9-/m0/s1. The fourth-order valence-electron chi connectivity index (χ4n) is 2.17. The highest BCUT2D eigenvalue weighted by Crippen LogP contribution is 2.37. The predicted molar refractivity (Wildman–Crippen MR) is 94.0 cm³/mol. The molecule has 122 valence electrons. The fraction of sp³-hybridized carbons (Fsp3) is 0.467. The first-order chi connectivity index (χ1) is 10.9. The molecular weight excluding hydrogens is 330 g/mol. The maximum absolute atomic E-state index is 6.12. The highest BCUT2D eigenvalue weighted by Gasteiger charge is 2.20. The molecule has 0 fully saturated rings. The van der Waals surface area contributed by atoms with Crippen LogP contribution in [0.25, 0.3) is 10.2 Å². The maximum Gasteiger partial charge on any atom is 0.239 e. The van der Waals surface area contributed by atoms with Crippen molar-refractivity contribution >= 4 is 39.1 Å². The molecule has 0 bridgehead atoms. The normalized spacial score (nSPS) is 13.1. The second kappa shape index (κ2) is 6.09. The Hall–Kier alpha value is -1.67. The minimum atomic E-state index is -0.0333. The molecule has 0 aliphatic rings. The number of thioether (sulfide) groups is 1. The van der Waals surface area contributed by atoms with E-state index in [-0.39, 0.29) is 11.2 Å². The van der Waals surface area contributed by atoms with Gasteiger partial charge >= 0.3 is 0 Å². The van der Waals surface area contributed by atoms with Crippen molar-refractivity contribution in [2.24, 2.45) is 0 Å². The third-order valence-corrected chi connectivity index (χ3v) is 5.69. The van der Waals surface area contributed by atoms with E-state index in [0.717, 1.165) is 15.8 Å². The molecule has 8 heteroatoms. The average Bonchev–Trinajstić information content (AvgIpc) is 3.05. The van der Waals surface area contributed by atoms with E-state index >= 15 is 0 Å². The number of anilines is 1. The predicted octanol–water partition coefficient (Wildman–Crippen LogP) is 4.25. The van der Waals surface area contributed by atoms with Gasteiger partial charge in [0.1, 0.15) is 10.6 Å². The number of hydrogen-bond donors (Lipinski definition) is 1. The molecular formula is C15H19N5OS2. The van der Waals surface area contributed by atoms with Crippen LogP contribution >= 0.6 is 23.1 Å². The van der Waals surface area contributed by atoms with Gasteiger partial charge in [0, 0.05) is 10.8 Å². The van der Waals surface area contributed by atoms with Crippen LogP contribution in [0.15, 0.2) is 9.68 Å². The van der Waals surface area contributed by atoms with Gasteiger partial charge in [0.2, 0.25) is 5.89 Å². The molecule has 2 N–H and O–H groups in total. The van der Waals surface area contributed by atoms with Gasteiger partial charge in [-0.1, -0.05) is 30.8 Å². The lowest BCUT2D eigenvalue weighted by atomic mass is 10.2. The number of rotatable bonds is 4. The molecule has 0 spiro atoms. The molecule has 0 saturated heterocycles. The SMILES string of the molecule is Cc1sc2nc(S[C@@H](C)c3nc(C(C)C)no3)nc(N)c2c1C. The van der Waals surface area contributed by atoms with Gasteiger partial charge in [-0.2, -0.15) is 4.98 Å². The number of fused-ring (bicyclic) bond motifs is 1. The lowest BCUT2D eigenvalue weighted by molar-refractivity contribution is 0.373. The van der Waals surface area contributed by atoms with E-state index in [2.05, 4.69) is 34.0 Å². The highest BCUT2D eigenvalue weighted by atomic mass is 32.2. The fourth-order valence-corrected chi connectivity index (χ4v) is 4.07. The summed E-state index contributed by atoms with van der Waals surface area (Å²) in [5, 5.41) is 5.56. The molecule has 0 unspecified atom stereocenters. The van der Waals surface area contributed by atoms with Gasteiger partial charge in [-0.25, -0.2) is 9.97 Å². The molecule has 1 atom stereocenters. The Morgan fingerprint density at radius 2 is 1.87 bits per heavy atom. The van der Waals surface area contributed by atoms with Crippen LogP contribution in [0, 0.1) is 13.8 Å². The molecule has 3 aromatic heterocycles. The van der Waals surface area contributed by atoms with Crippen molar-refractivity contribution in [2.75, 3.05) is 5.73 Å². The van der Waals surface area contributed by atoms with E-state index in [9.17, 15) is 0 Å². The van der Waals surface area contributed by atoms with Gasteiger partial charge in [0.25, 0.3) is 0 Å². The van der Waals surface area contributed by atoms with Crippen molar-refractivity contribution < 1.29 is 4.52 Å². The molecule has 0 aliphatic carbocycles. The van der Waals surface area contributed by atoms with Crippen LogP contribution in [0.4, 0.5) is 5.82 Å². The van der Waals surface area contributed by atoms with Gasteiger partial charge in [-0.3, -0.25) is 0 Å². The zero-order chi connectivity index (χ0) is 16.7. The molecule has 0 amide bonds. The van der Waals surface area contributed by atoms with Crippen molar-refractivity contribution in [3.8, 4) is 0 Å². The van der Waals surface area contributed by atoms with E-state index in [1.54, 1.807) is 11.3 Å². The molecule has 3 rings (SSSR count). The van der Waals surface area contributed by atoms with E-state index < -0.39 is 0 Å². The summed E-state index contributed by atoms with van der Waals surface area (Å²) >= 11 is 3.12. The van der Waals surface area contributed by atoms with E-state index in [1.165, 1.54) is 16.6 Å². The zero-order valence-electron chi connectivity index (χ0n) is 13.7. The van der Waals surface area contributed by atoms with Gasteiger partial charge in [-0.15, -0.1) is 11.3 Å². The van der Waals surface area contributed by atoms with Crippen LogP contribution in [-0.2, 0) is 0 Å². The Morgan fingerprint density at radius 1 is 1.13 bits per heavy atom. The summed E-state index contributed by atoms with van der Waals surface area (Å²) in [6.45, 7) is 10.2. The first kappa shape index (κ1) is 16.2. The van der Waals surface area contributed by atoms with Crippen LogP contribution in [0.3, 0.4) is 0 Å². The number of aromatic nitrogens is 4. The maximum atomic E-state index is 6.12. The second-order valence-electron chi connectivity index (χ2n) is 5.76. The van der Waals surface area contributed by atoms with Crippen LogP contribution in [0.5, 0.6) is 0 Å². The minimum absolute atomic E-state index is 0.0333. The topological polar surface area (TPSA) is 90.7 Å². The summed E-state index contributed by atoms with van der Waals surface area (Å²) in [6.07, 6.45) is 0. The van der Waals surface area contributed by atoms with Crippen molar-refractivity contribution in [2.45, 2.75) is 50.9 Å². The van der Waals surface area contributed by atoms with Crippen molar-refractivity contribution in [1.29, 1.82) is 0 Å². The molecule has 0 aliphatic heterocycles. The monoisotopic (exact) mass is 349 g/mol. The van der Waals surface area contributed by atoms with Crippen LogP contribution in [0.2, 0.25) is 0 Å².